The van der Waals surface area contributed by atoms with Crippen molar-refractivity contribution in [3.05, 3.63) is 36.4 Å². The fraction of sp³-hybridized carbons (Fsp3) is 0.600. The van der Waals surface area contributed by atoms with E-state index in [1.54, 1.807) is 0 Å². The maximum Gasteiger partial charge on any atom is 0.135 e. The molecule has 4 nitrogen and oxygen atoms in total. The lowest BCUT2D eigenvalue weighted by molar-refractivity contribution is 0.0857. The highest BCUT2D eigenvalue weighted by Gasteiger charge is 2.04. The van der Waals surface area contributed by atoms with Crippen molar-refractivity contribution in [3.63, 3.8) is 0 Å². The zero-order valence-electron chi connectivity index (χ0n) is 11.9. The SMILES string of the molecule is C=C(OCCOCC)/C(N)=C/C=C/N1CCCCC1. The van der Waals surface area contributed by atoms with Crippen LogP contribution in [0.15, 0.2) is 36.4 Å². The van der Waals surface area contributed by atoms with Gasteiger partial charge in [-0.1, -0.05) is 6.58 Å². The van der Waals surface area contributed by atoms with Crippen molar-refractivity contribution in [1.82, 2.24) is 4.90 Å². The second-order valence-electron chi connectivity index (χ2n) is 4.53. The Morgan fingerprint density at radius 2 is 2.00 bits per heavy atom. The van der Waals surface area contributed by atoms with Crippen molar-refractivity contribution in [1.29, 1.82) is 0 Å². The Balaban J connectivity index is 2.26. The first-order chi connectivity index (χ1) is 9.24. The first-order valence-electron chi connectivity index (χ1n) is 7.02. The standard InChI is InChI=1S/C15H26N2O2/c1-3-18-12-13-19-14(2)15(16)8-7-11-17-9-5-4-6-10-17/h7-8,11H,2-6,9-10,12-13,16H2,1H3/b11-7+,15-8-. The van der Waals surface area contributed by atoms with Crippen molar-refractivity contribution in [2.45, 2.75) is 26.2 Å². The number of hydrogen-bond acceptors (Lipinski definition) is 4. The number of hydrogen-bond donors (Lipinski definition) is 1. The van der Waals surface area contributed by atoms with Gasteiger partial charge >= 0.3 is 0 Å². The summed E-state index contributed by atoms with van der Waals surface area (Å²) in [6.07, 6.45) is 9.76. The third-order valence-corrected chi connectivity index (χ3v) is 2.99. The number of allylic oxidation sites excluding steroid dienone is 2. The van der Waals surface area contributed by atoms with E-state index >= 15 is 0 Å². The van der Waals surface area contributed by atoms with Gasteiger partial charge in [-0.05, 0) is 44.5 Å². The number of piperidine rings is 1. The molecule has 0 unspecified atom stereocenters. The molecule has 4 heteroatoms. The van der Waals surface area contributed by atoms with E-state index in [0.29, 0.717) is 31.3 Å². The lowest BCUT2D eigenvalue weighted by Gasteiger charge is -2.24. The predicted octanol–water partition coefficient (Wildman–Crippen LogP) is 2.40. The van der Waals surface area contributed by atoms with Gasteiger partial charge in [-0.25, -0.2) is 0 Å². The average molecular weight is 266 g/mol. The molecule has 1 aliphatic rings. The van der Waals surface area contributed by atoms with Crippen LogP contribution >= 0.6 is 0 Å². The molecule has 0 amide bonds. The minimum Gasteiger partial charge on any atom is -0.490 e. The molecule has 0 aromatic carbocycles. The second-order valence-corrected chi connectivity index (χ2v) is 4.53. The van der Waals surface area contributed by atoms with Crippen LogP contribution in [0.4, 0.5) is 0 Å². The molecule has 108 valence electrons. The van der Waals surface area contributed by atoms with Crippen molar-refractivity contribution >= 4 is 0 Å². The minimum atomic E-state index is 0.483. The van der Waals surface area contributed by atoms with Crippen molar-refractivity contribution < 1.29 is 9.47 Å². The number of nitrogens with zero attached hydrogens (tertiary/aromatic N) is 1. The van der Waals surface area contributed by atoms with Gasteiger partial charge in [-0.15, -0.1) is 0 Å². The van der Waals surface area contributed by atoms with Crippen LogP contribution in [-0.4, -0.2) is 37.8 Å². The van der Waals surface area contributed by atoms with Crippen LogP contribution in [0.25, 0.3) is 0 Å². The first kappa shape index (κ1) is 15.6. The fourth-order valence-corrected chi connectivity index (χ4v) is 1.88. The number of likely N-dealkylation sites (tertiary alicyclic amines) is 1. The number of nitrogens with two attached hydrogens (primary N) is 1. The quantitative estimate of drug-likeness (QED) is 0.416. The number of ether oxygens (including phenoxy) is 2. The highest BCUT2D eigenvalue weighted by Crippen LogP contribution is 2.09. The highest BCUT2D eigenvalue weighted by molar-refractivity contribution is 5.24. The summed E-state index contributed by atoms with van der Waals surface area (Å²) in [5.74, 6) is 0.503. The summed E-state index contributed by atoms with van der Waals surface area (Å²) in [4.78, 5) is 2.31. The molecule has 0 bridgehead atoms. The molecule has 0 aromatic heterocycles. The summed E-state index contributed by atoms with van der Waals surface area (Å²) >= 11 is 0. The van der Waals surface area contributed by atoms with Crippen molar-refractivity contribution in [2.24, 2.45) is 5.73 Å². The molecular weight excluding hydrogens is 240 g/mol. The monoisotopic (exact) mass is 266 g/mol. The van der Waals surface area contributed by atoms with Crippen LogP contribution in [0.3, 0.4) is 0 Å². The molecule has 1 rings (SSSR count). The van der Waals surface area contributed by atoms with E-state index in [-0.39, 0.29) is 0 Å². The molecule has 0 radical (unpaired) electrons. The molecule has 0 aliphatic carbocycles. The molecule has 0 saturated carbocycles. The van der Waals surface area contributed by atoms with Crippen molar-refractivity contribution in [2.75, 3.05) is 32.9 Å². The van der Waals surface area contributed by atoms with E-state index in [9.17, 15) is 0 Å². The summed E-state index contributed by atoms with van der Waals surface area (Å²) in [6.45, 7) is 9.76. The summed E-state index contributed by atoms with van der Waals surface area (Å²) in [6, 6.07) is 0. The van der Waals surface area contributed by atoms with E-state index < -0.39 is 0 Å². The third-order valence-electron chi connectivity index (χ3n) is 2.99. The van der Waals surface area contributed by atoms with E-state index in [2.05, 4.69) is 17.7 Å². The molecule has 19 heavy (non-hydrogen) atoms. The van der Waals surface area contributed by atoms with Gasteiger partial charge in [0.2, 0.25) is 0 Å². The highest BCUT2D eigenvalue weighted by atomic mass is 16.5. The second kappa shape index (κ2) is 9.50. The molecule has 2 N–H and O–H groups in total. The Morgan fingerprint density at radius 1 is 1.26 bits per heavy atom. The van der Waals surface area contributed by atoms with Gasteiger partial charge in [0.05, 0.1) is 12.3 Å². The van der Waals surface area contributed by atoms with E-state index in [4.69, 9.17) is 15.2 Å². The summed E-state index contributed by atoms with van der Waals surface area (Å²) in [7, 11) is 0. The van der Waals surface area contributed by atoms with Crippen LogP contribution in [-0.2, 0) is 9.47 Å². The predicted molar refractivity (Wildman–Crippen MR) is 78.4 cm³/mol. The van der Waals surface area contributed by atoms with Crippen molar-refractivity contribution in [3.8, 4) is 0 Å². The van der Waals surface area contributed by atoms with Crippen LogP contribution in [0.1, 0.15) is 26.2 Å². The van der Waals surface area contributed by atoms with Gasteiger partial charge in [0.15, 0.2) is 0 Å². The van der Waals surface area contributed by atoms with Gasteiger partial charge in [-0.2, -0.15) is 0 Å². The topological polar surface area (TPSA) is 47.7 Å². The smallest absolute Gasteiger partial charge is 0.135 e. The Morgan fingerprint density at radius 3 is 2.68 bits per heavy atom. The van der Waals surface area contributed by atoms with Crippen LogP contribution in [0.5, 0.6) is 0 Å². The molecular formula is C15H26N2O2. The molecule has 0 aromatic rings. The molecule has 0 atom stereocenters. The molecule has 1 saturated heterocycles. The van der Waals surface area contributed by atoms with E-state index in [1.165, 1.54) is 19.3 Å². The molecule has 1 fully saturated rings. The molecule has 1 heterocycles. The largest absolute Gasteiger partial charge is 0.490 e. The summed E-state index contributed by atoms with van der Waals surface area (Å²) in [5.41, 5.74) is 6.43. The Hall–Kier alpha value is -1.42. The van der Waals surface area contributed by atoms with Crippen LogP contribution in [0.2, 0.25) is 0 Å². The van der Waals surface area contributed by atoms with Gasteiger partial charge in [0.25, 0.3) is 0 Å². The lowest BCUT2D eigenvalue weighted by atomic mass is 10.1. The van der Waals surface area contributed by atoms with Gasteiger partial charge < -0.3 is 20.1 Å². The maximum absolute atomic E-state index is 5.87. The van der Waals surface area contributed by atoms with Gasteiger partial charge in [0.1, 0.15) is 12.4 Å². The molecule has 0 spiro atoms. The zero-order valence-corrected chi connectivity index (χ0v) is 11.9. The Labute approximate surface area is 116 Å². The maximum atomic E-state index is 5.87. The first-order valence-corrected chi connectivity index (χ1v) is 7.02. The normalized spacial score (nSPS) is 16.9. The molecule has 1 aliphatic heterocycles. The van der Waals surface area contributed by atoms with Gasteiger partial charge in [0, 0.05) is 19.7 Å². The fourth-order valence-electron chi connectivity index (χ4n) is 1.88. The average Bonchev–Trinajstić information content (AvgIpc) is 2.44. The van der Waals surface area contributed by atoms with Crippen LogP contribution in [0, 0.1) is 0 Å². The lowest BCUT2D eigenvalue weighted by Crippen LogP contribution is -2.24. The third kappa shape index (κ3) is 6.91. The summed E-state index contributed by atoms with van der Waals surface area (Å²) < 4.78 is 10.6. The minimum absolute atomic E-state index is 0.483. The number of rotatable bonds is 8. The Bertz CT molecular complexity index is 318. The Kier molecular flexibility index (Phi) is 7.82. The zero-order chi connectivity index (χ0) is 13.9. The van der Waals surface area contributed by atoms with E-state index in [0.717, 1.165) is 13.1 Å². The van der Waals surface area contributed by atoms with E-state index in [1.807, 2.05) is 19.1 Å². The summed E-state index contributed by atoms with van der Waals surface area (Å²) in [5, 5.41) is 0. The van der Waals surface area contributed by atoms with Gasteiger partial charge in [-0.3, -0.25) is 0 Å². The van der Waals surface area contributed by atoms with Crippen LogP contribution < -0.4 is 5.73 Å².